The van der Waals surface area contributed by atoms with Gasteiger partial charge in [0, 0.05) is 46.9 Å². The molecule has 4 rings (SSSR count). The molecule has 8 heteroatoms. The number of halogens is 1. The van der Waals surface area contributed by atoms with Crippen LogP contribution in [0.15, 0.2) is 53.1 Å². The molecule has 0 atom stereocenters. The Morgan fingerprint density at radius 2 is 1.90 bits per heavy atom. The third-order valence-electron chi connectivity index (χ3n) is 4.95. The highest BCUT2D eigenvalue weighted by atomic mass is 79.9. The van der Waals surface area contributed by atoms with E-state index in [0.29, 0.717) is 11.3 Å². The minimum Gasteiger partial charge on any atom is -0.452 e. The zero-order valence-corrected chi connectivity index (χ0v) is 17.9. The Balaban J connectivity index is 1.29. The van der Waals surface area contributed by atoms with E-state index < -0.39 is 5.97 Å². The Hall–Kier alpha value is -2.68. The number of nitrogens with one attached hydrogen (secondary N) is 2. The topological polar surface area (TPSA) is 83.7 Å². The molecule has 1 saturated heterocycles. The van der Waals surface area contributed by atoms with E-state index in [1.54, 1.807) is 6.20 Å². The maximum absolute atomic E-state index is 12.4. The molecule has 3 aromatic rings. The second kappa shape index (κ2) is 9.42. The predicted octanol–water partition coefficient (Wildman–Crippen LogP) is 3.56. The summed E-state index contributed by atoms with van der Waals surface area (Å²) in [5.74, 6) is -0.930. The fraction of sp³-hybridized carbons (Fsp3) is 0.273. The van der Waals surface area contributed by atoms with Gasteiger partial charge in [0.2, 0.25) is 0 Å². The summed E-state index contributed by atoms with van der Waals surface area (Å²) in [6, 6.07) is 13.3. The van der Waals surface area contributed by atoms with E-state index in [2.05, 4.69) is 31.1 Å². The van der Waals surface area contributed by atoms with Crippen molar-refractivity contribution in [3.8, 4) is 0 Å². The number of aromatic amines is 1. The van der Waals surface area contributed by atoms with Crippen molar-refractivity contribution in [3.05, 3.63) is 64.3 Å². The fourth-order valence-corrected chi connectivity index (χ4v) is 3.74. The molecule has 2 N–H and O–H groups in total. The first-order valence-corrected chi connectivity index (χ1v) is 10.5. The van der Waals surface area contributed by atoms with Gasteiger partial charge in [0.1, 0.15) is 0 Å². The Kier molecular flexibility index (Phi) is 6.47. The van der Waals surface area contributed by atoms with E-state index in [1.165, 1.54) is 5.56 Å². The number of carbonyl (C=O) groups excluding carboxylic acids is 2. The zero-order chi connectivity index (χ0) is 20.9. The predicted molar refractivity (Wildman–Crippen MR) is 117 cm³/mol. The number of fused-ring (bicyclic) bond motifs is 1. The smallest absolute Gasteiger partial charge is 0.340 e. The lowest BCUT2D eigenvalue weighted by Gasteiger charge is -2.26. The van der Waals surface area contributed by atoms with Crippen LogP contribution in [0.5, 0.6) is 0 Å². The van der Waals surface area contributed by atoms with Gasteiger partial charge in [-0.3, -0.25) is 9.69 Å². The van der Waals surface area contributed by atoms with Gasteiger partial charge in [-0.15, -0.1) is 0 Å². The number of rotatable bonds is 6. The van der Waals surface area contributed by atoms with E-state index in [1.807, 2.05) is 42.5 Å². The minimum atomic E-state index is -0.546. The Labute approximate surface area is 182 Å². The highest BCUT2D eigenvalue weighted by Gasteiger charge is 2.16. The van der Waals surface area contributed by atoms with E-state index in [-0.39, 0.29) is 12.5 Å². The summed E-state index contributed by atoms with van der Waals surface area (Å²) in [5.41, 5.74) is 3.06. The van der Waals surface area contributed by atoms with Gasteiger partial charge in [-0.05, 0) is 35.9 Å². The summed E-state index contributed by atoms with van der Waals surface area (Å²) in [5, 5.41) is 3.50. The summed E-state index contributed by atoms with van der Waals surface area (Å²) in [4.78, 5) is 29.9. The van der Waals surface area contributed by atoms with Crippen molar-refractivity contribution in [1.29, 1.82) is 0 Å². The summed E-state index contributed by atoms with van der Waals surface area (Å²) >= 11 is 3.39. The maximum Gasteiger partial charge on any atom is 0.340 e. The molecule has 30 heavy (non-hydrogen) atoms. The molecule has 0 spiro atoms. The van der Waals surface area contributed by atoms with E-state index in [4.69, 9.17) is 9.47 Å². The number of anilines is 1. The van der Waals surface area contributed by atoms with Crippen LogP contribution < -0.4 is 5.32 Å². The number of esters is 1. The lowest BCUT2D eigenvalue weighted by molar-refractivity contribution is -0.119. The summed E-state index contributed by atoms with van der Waals surface area (Å²) in [6.45, 7) is 3.89. The molecule has 1 aromatic heterocycles. The minimum absolute atomic E-state index is 0.352. The number of hydrogen-bond donors (Lipinski definition) is 2. The number of nitrogens with zero attached hydrogens (tertiary/aromatic N) is 1. The third kappa shape index (κ3) is 5.08. The molecule has 0 bridgehead atoms. The van der Waals surface area contributed by atoms with Crippen LogP contribution >= 0.6 is 15.9 Å². The summed E-state index contributed by atoms with van der Waals surface area (Å²) in [7, 11) is 0. The lowest BCUT2D eigenvalue weighted by Crippen LogP contribution is -2.35. The van der Waals surface area contributed by atoms with Crippen molar-refractivity contribution in [3.63, 3.8) is 0 Å². The molecule has 1 aliphatic rings. The van der Waals surface area contributed by atoms with Crippen molar-refractivity contribution >= 4 is 44.4 Å². The van der Waals surface area contributed by atoms with Crippen molar-refractivity contribution in [1.82, 2.24) is 9.88 Å². The average Bonchev–Trinajstić information content (AvgIpc) is 3.17. The van der Waals surface area contributed by atoms with Crippen LogP contribution in [0.4, 0.5) is 5.69 Å². The Bertz CT molecular complexity index is 1040. The number of carbonyl (C=O) groups is 2. The van der Waals surface area contributed by atoms with Crippen LogP contribution in [0.25, 0.3) is 10.9 Å². The van der Waals surface area contributed by atoms with Crippen LogP contribution in [-0.4, -0.2) is 54.7 Å². The van der Waals surface area contributed by atoms with Gasteiger partial charge in [-0.2, -0.15) is 0 Å². The van der Waals surface area contributed by atoms with Gasteiger partial charge < -0.3 is 19.8 Å². The van der Waals surface area contributed by atoms with E-state index in [9.17, 15) is 9.59 Å². The number of aromatic nitrogens is 1. The largest absolute Gasteiger partial charge is 0.452 e. The molecular weight excluding hydrogens is 450 g/mol. The second-order valence-electron chi connectivity index (χ2n) is 7.10. The van der Waals surface area contributed by atoms with Gasteiger partial charge in [-0.1, -0.05) is 28.1 Å². The molecule has 1 fully saturated rings. The number of morpholine rings is 1. The number of amides is 1. The van der Waals surface area contributed by atoms with Crippen LogP contribution in [-0.2, 0) is 20.8 Å². The van der Waals surface area contributed by atoms with Crippen molar-refractivity contribution < 1.29 is 19.1 Å². The van der Waals surface area contributed by atoms with Crippen molar-refractivity contribution in [2.24, 2.45) is 0 Å². The van der Waals surface area contributed by atoms with Gasteiger partial charge in [0.15, 0.2) is 6.61 Å². The van der Waals surface area contributed by atoms with Crippen LogP contribution in [0.1, 0.15) is 15.9 Å². The molecule has 156 valence electrons. The highest BCUT2D eigenvalue weighted by molar-refractivity contribution is 9.10. The first-order chi connectivity index (χ1) is 14.6. The number of H-pyrrole nitrogens is 1. The van der Waals surface area contributed by atoms with Crippen molar-refractivity contribution in [2.75, 3.05) is 38.2 Å². The average molecular weight is 472 g/mol. The quantitative estimate of drug-likeness (QED) is 0.537. The zero-order valence-electron chi connectivity index (χ0n) is 16.3. The first-order valence-electron chi connectivity index (χ1n) is 9.71. The van der Waals surface area contributed by atoms with Gasteiger partial charge in [0.25, 0.3) is 5.91 Å². The van der Waals surface area contributed by atoms with Gasteiger partial charge in [0.05, 0.1) is 18.8 Å². The fourth-order valence-electron chi connectivity index (χ4n) is 3.38. The van der Waals surface area contributed by atoms with Gasteiger partial charge >= 0.3 is 5.97 Å². The first kappa shape index (κ1) is 20.6. The number of benzene rings is 2. The molecule has 0 saturated carbocycles. The Morgan fingerprint density at radius 3 is 2.67 bits per heavy atom. The second-order valence-corrected chi connectivity index (χ2v) is 8.02. The van der Waals surface area contributed by atoms with E-state index in [0.717, 1.165) is 48.2 Å². The normalized spacial score (nSPS) is 14.6. The van der Waals surface area contributed by atoms with Crippen molar-refractivity contribution in [2.45, 2.75) is 6.54 Å². The SMILES string of the molecule is O=C(COC(=O)c1c[nH]c2ccc(Br)cc12)Nc1ccc(CN2CCOCC2)cc1. The molecule has 0 aliphatic carbocycles. The molecule has 1 aliphatic heterocycles. The molecular formula is C22H22BrN3O4. The molecule has 7 nitrogen and oxygen atoms in total. The summed E-state index contributed by atoms with van der Waals surface area (Å²) in [6.07, 6.45) is 1.59. The van der Waals surface area contributed by atoms with Crippen LogP contribution in [0, 0.1) is 0 Å². The van der Waals surface area contributed by atoms with Gasteiger partial charge in [-0.25, -0.2) is 4.79 Å². The lowest BCUT2D eigenvalue weighted by atomic mass is 10.2. The standard InChI is InChI=1S/C22H22BrN3O4/c23-16-3-6-20-18(11-16)19(12-24-20)22(28)30-14-21(27)25-17-4-1-15(2-5-17)13-26-7-9-29-10-8-26/h1-6,11-12,24H,7-10,13-14H2,(H,25,27). The monoisotopic (exact) mass is 471 g/mol. The molecule has 0 unspecified atom stereocenters. The molecule has 1 amide bonds. The number of hydrogen-bond acceptors (Lipinski definition) is 5. The van der Waals surface area contributed by atoms with E-state index >= 15 is 0 Å². The van der Waals surface area contributed by atoms with Crippen LogP contribution in [0.2, 0.25) is 0 Å². The molecule has 0 radical (unpaired) electrons. The number of ether oxygens (including phenoxy) is 2. The van der Waals surface area contributed by atoms with Crippen LogP contribution in [0.3, 0.4) is 0 Å². The highest BCUT2D eigenvalue weighted by Crippen LogP contribution is 2.23. The maximum atomic E-state index is 12.4. The third-order valence-corrected chi connectivity index (χ3v) is 5.44. The molecule has 2 heterocycles. The Morgan fingerprint density at radius 1 is 1.13 bits per heavy atom. The molecule has 2 aromatic carbocycles. The summed E-state index contributed by atoms with van der Waals surface area (Å²) < 4.78 is 11.4.